The van der Waals surface area contributed by atoms with Gasteiger partial charge in [-0.1, -0.05) is 0 Å². The molecular weight excluding hydrogens is 162 g/mol. The molecule has 1 fully saturated rings. The molecule has 1 unspecified atom stereocenters. The van der Waals surface area contributed by atoms with Crippen LogP contribution in [0.3, 0.4) is 0 Å². The lowest BCUT2D eigenvalue weighted by Crippen LogP contribution is -2.30. The molecule has 72 valence electrons. The summed E-state index contributed by atoms with van der Waals surface area (Å²) in [4.78, 5) is 2.54. The Morgan fingerprint density at radius 1 is 1.62 bits per heavy atom. The predicted molar refractivity (Wildman–Crippen MR) is 52.4 cm³/mol. The molecule has 0 spiro atoms. The van der Waals surface area contributed by atoms with E-state index in [1.807, 2.05) is 6.20 Å². The van der Waals surface area contributed by atoms with Crippen molar-refractivity contribution in [2.45, 2.75) is 38.8 Å². The SMILES string of the molecule is CC(C)N1CCCC1c1ccn[nH]1. The van der Waals surface area contributed by atoms with Crippen LogP contribution in [0, 0.1) is 0 Å². The van der Waals surface area contributed by atoms with Crippen LogP contribution in [0.2, 0.25) is 0 Å². The van der Waals surface area contributed by atoms with E-state index in [0.717, 1.165) is 0 Å². The van der Waals surface area contributed by atoms with Crippen molar-refractivity contribution in [1.29, 1.82) is 0 Å². The van der Waals surface area contributed by atoms with Crippen LogP contribution in [0.4, 0.5) is 0 Å². The van der Waals surface area contributed by atoms with E-state index in [-0.39, 0.29) is 0 Å². The number of aromatic nitrogens is 2. The average molecular weight is 179 g/mol. The van der Waals surface area contributed by atoms with Gasteiger partial charge in [0.05, 0.1) is 11.7 Å². The van der Waals surface area contributed by atoms with Crippen molar-refractivity contribution in [3.05, 3.63) is 18.0 Å². The lowest BCUT2D eigenvalue weighted by atomic mass is 10.1. The topological polar surface area (TPSA) is 31.9 Å². The molecule has 1 aliphatic rings. The average Bonchev–Trinajstić information content (AvgIpc) is 2.74. The Morgan fingerprint density at radius 2 is 2.46 bits per heavy atom. The molecule has 0 aliphatic carbocycles. The summed E-state index contributed by atoms with van der Waals surface area (Å²) in [7, 11) is 0. The monoisotopic (exact) mass is 179 g/mol. The van der Waals surface area contributed by atoms with Gasteiger partial charge in [-0.25, -0.2) is 0 Å². The smallest absolute Gasteiger partial charge is 0.0523 e. The maximum absolute atomic E-state index is 4.01. The van der Waals surface area contributed by atoms with E-state index in [4.69, 9.17) is 0 Å². The molecule has 1 saturated heterocycles. The lowest BCUT2D eigenvalue weighted by molar-refractivity contribution is 0.202. The van der Waals surface area contributed by atoms with Crippen molar-refractivity contribution in [2.24, 2.45) is 0 Å². The largest absolute Gasteiger partial charge is 0.292 e. The van der Waals surface area contributed by atoms with Crippen LogP contribution >= 0.6 is 0 Å². The van der Waals surface area contributed by atoms with Crippen LogP contribution in [0.1, 0.15) is 38.4 Å². The van der Waals surface area contributed by atoms with Crippen LogP contribution in [0.15, 0.2) is 12.3 Å². The van der Waals surface area contributed by atoms with Gasteiger partial charge in [0, 0.05) is 12.2 Å². The third-order valence-electron chi connectivity index (χ3n) is 2.84. The summed E-state index contributed by atoms with van der Waals surface area (Å²) in [5, 5.41) is 7.08. The van der Waals surface area contributed by atoms with Gasteiger partial charge in [0.15, 0.2) is 0 Å². The number of likely N-dealkylation sites (tertiary alicyclic amines) is 1. The molecule has 1 aromatic rings. The maximum Gasteiger partial charge on any atom is 0.0523 e. The molecule has 3 heteroatoms. The molecule has 0 saturated carbocycles. The number of H-pyrrole nitrogens is 1. The minimum Gasteiger partial charge on any atom is -0.292 e. The zero-order chi connectivity index (χ0) is 9.26. The van der Waals surface area contributed by atoms with Gasteiger partial charge in [0.2, 0.25) is 0 Å². The second-order valence-corrected chi connectivity index (χ2v) is 4.00. The number of nitrogens with one attached hydrogen (secondary N) is 1. The Balaban J connectivity index is 2.14. The summed E-state index contributed by atoms with van der Waals surface area (Å²) in [5.41, 5.74) is 1.27. The van der Waals surface area contributed by atoms with Crippen molar-refractivity contribution in [3.63, 3.8) is 0 Å². The molecule has 2 heterocycles. The Bertz CT molecular complexity index is 253. The summed E-state index contributed by atoms with van der Waals surface area (Å²) in [6.45, 7) is 5.74. The van der Waals surface area contributed by atoms with Gasteiger partial charge >= 0.3 is 0 Å². The molecule has 0 radical (unpaired) electrons. The first kappa shape index (κ1) is 8.75. The minimum atomic E-state index is 0.572. The highest BCUT2D eigenvalue weighted by Crippen LogP contribution is 2.31. The van der Waals surface area contributed by atoms with Crippen molar-refractivity contribution in [1.82, 2.24) is 15.1 Å². The Morgan fingerprint density at radius 3 is 3.08 bits per heavy atom. The molecule has 2 rings (SSSR count). The summed E-state index contributed by atoms with van der Waals surface area (Å²) < 4.78 is 0. The molecule has 1 aromatic heterocycles. The van der Waals surface area contributed by atoms with Crippen molar-refractivity contribution in [3.8, 4) is 0 Å². The summed E-state index contributed by atoms with van der Waals surface area (Å²) in [5.74, 6) is 0. The van der Waals surface area contributed by atoms with Crippen molar-refractivity contribution in [2.75, 3.05) is 6.54 Å². The predicted octanol–water partition coefficient (Wildman–Crippen LogP) is 1.96. The van der Waals surface area contributed by atoms with Gasteiger partial charge in [-0.3, -0.25) is 10.00 Å². The van der Waals surface area contributed by atoms with Gasteiger partial charge in [-0.05, 0) is 39.3 Å². The van der Waals surface area contributed by atoms with E-state index >= 15 is 0 Å². The normalized spacial score (nSPS) is 24.4. The highest BCUT2D eigenvalue weighted by molar-refractivity contribution is 5.07. The number of hydrogen-bond acceptors (Lipinski definition) is 2. The molecule has 0 aromatic carbocycles. The highest BCUT2D eigenvalue weighted by atomic mass is 15.2. The van der Waals surface area contributed by atoms with Crippen LogP contribution in [0.25, 0.3) is 0 Å². The van der Waals surface area contributed by atoms with Gasteiger partial charge < -0.3 is 0 Å². The highest BCUT2D eigenvalue weighted by Gasteiger charge is 2.28. The van der Waals surface area contributed by atoms with Gasteiger partial charge in [-0.15, -0.1) is 0 Å². The van der Waals surface area contributed by atoms with Crippen LogP contribution in [-0.4, -0.2) is 27.7 Å². The molecule has 1 aliphatic heterocycles. The Kier molecular flexibility index (Phi) is 2.36. The molecular formula is C10H17N3. The lowest BCUT2D eigenvalue weighted by Gasteiger charge is -2.27. The van der Waals surface area contributed by atoms with E-state index in [9.17, 15) is 0 Å². The Labute approximate surface area is 79.1 Å². The van der Waals surface area contributed by atoms with Gasteiger partial charge in [0.1, 0.15) is 0 Å². The fourth-order valence-electron chi connectivity index (χ4n) is 2.19. The Hall–Kier alpha value is -0.830. The number of nitrogens with zero attached hydrogens (tertiary/aromatic N) is 2. The number of hydrogen-bond donors (Lipinski definition) is 1. The zero-order valence-corrected chi connectivity index (χ0v) is 8.33. The van der Waals surface area contributed by atoms with Crippen LogP contribution in [-0.2, 0) is 0 Å². The van der Waals surface area contributed by atoms with Crippen molar-refractivity contribution >= 4 is 0 Å². The third-order valence-corrected chi connectivity index (χ3v) is 2.84. The number of rotatable bonds is 2. The van der Waals surface area contributed by atoms with Crippen molar-refractivity contribution < 1.29 is 0 Å². The standard InChI is InChI=1S/C10H17N3/c1-8(2)13-7-3-4-10(13)9-5-6-11-12-9/h5-6,8,10H,3-4,7H2,1-2H3,(H,11,12). The quantitative estimate of drug-likeness (QED) is 0.752. The minimum absolute atomic E-state index is 0.572. The fourth-order valence-corrected chi connectivity index (χ4v) is 2.19. The van der Waals surface area contributed by atoms with Gasteiger partial charge in [0.25, 0.3) is 0 Å². The van der Waals surface area contributed by atoms with E-state index in [1.54, 1.807) is 0 Å². The molecule has 3 nitrogen and oxygen atoms in total. The second-order valence-electron chi connectivity index (χ2n) is 4.00. The molecule has 13 heavy (non-hydrogen) atoms. The maximum atomic E-state index is 4.01. The first-order valence-corrected chi connectivity index (χ1v) is 5.04. The summed E-state index contributed by atoms with van der Waals surface area (Å²) in [6.07, 6.45) is 4.41. The first-order chi connectivity index (χ1) is 6.29. The third kappa shape index (κ3) is 1.61. The van der Waals surface area contributed by atoms with Crippen LogP contribution < -0.4 is 0 Å². The van der Waals surface area contributed by atoms with E-state index in [0.29, 0.717) is 12.1 Å². The van der Waals surface area contributed by atoms with E-state index in [2.05, 4.69) is 35.0 Å². The molecule has 1 atom stereocenters. The molecule has 0 amide bonds. The zero-order valence-electron chi connectivity index (χ0n) is 8.33. The molecule has 1 N–H and O–H groups in total. The number of aromatic amines is 1. The summed E-state index contributed by atoms with van der Waals surface area (Å²) in [6, 6.07) is 3.30. The van der Waals surface area contributed by atoms with E-state index in [1.165, 1.54) is 25.1 Å². The van der Waals surface area contributed by atoms with Gasteiger partial charge in [-0.2, -0.15) is 5.10 Å². The van der Waals surface area contributed by atoms with Crippen LogP contribution in [0.5, 0.6) is 0 Å². The van der Waals surface area contributed by atoms with E-state index < -0.39 is 0 Å². The molecule has 0 bridgehead atoms. The fraction of sp³-hybridized carbons (Fsp3) is 0.700. The summed E-state index contributed by atoms with van der Waals surface area (Å²) >= 11 is 0. The second kappa shape index (κ2) is 3.50. The first-order valence-electron chi connectivity index (χ1n) is 5.04.